The summed E-state index contributed by atoms with van der Waals surface area (Å²) in [4.78, 5) is 8.20. The van der Waals surface area contributed by atoms with Crippen LogP contribution in [0.2, 0.25) is 0 Å². The smallest absolute Gasteiger partial charge is 0.418 e. The van der Waals surface area contributed by atoms with E-state index in [1.54, 1.807) is 24.3 Å². The number of methoxy groups -OCH3 is 2. The van der Waals surface area contributed by atoms with Gasteiger partial charge in [0.25, 0.3) is 0 Å². The molecule has 0 atom stereocenters. The fraction of sp³-hybridized carbons (Fsp3) is 0.158. The Morgan fingerprint density at radius 2 is 1.64 bits per heavy atom. The second kappa shape index (κ2) is 8.03. The van der Waals surface area contributed by atoms with E-state index in [1.165, 1.54) is 38.6 Å². The number of nitrogens with one attached hydrogen (secondary N) is 2. The molecule has 0 aliphatic heterocycles. The van der Waals surface area contributed by atoms with E-state index in [1.807, 2.05) is 0 Å². The highest BCUT2D eigenvalue weighted by Gasteiger charge is 2.33. The van der Waals surface area contributed by atoms with Crippen molar-refractivity contribution in [3.8, 4) is 11.5 Å². The summed E-state index contributed by atoms with van der Waals surface area (Å²) in [6, 6.07) is 11.9. The molecule has 0 saturated carbocycles. The average molecular weight is 390 g/mol. The lowest BCUT2D eigenvalue weighted by atomic mass is 10.1. The van der Waals surface area contributed by atoms with Gasteiger partial charge in [-0.1, -0.05) is 12.1 Å². The summed E-state index contributed by atoms with van der Waals surface area (Å²) in [5.74, 6) is 1.53. The van der Waals surface area contributed by atoms with Crippen LogP contribution >= 0.6 is 0 Å². The number of rotatable bonds is 6. The minimum atomic E-state index is -4.49. The van der Waals surface area contributed by atoms with Gasteiger partial charge in [-0.3, -0.25) is 0 Å². The first-order chi connectivity index (χ1) is 13.4. The molecule has 0 saturated heterocycles. The molecule has 9 heteroatoms. The second-order valence-electron chi connectivity index (χ2n) is 5.63. The van der Waals surface area contributed by atoms with Crippen LogP contribution in [-0.4, -0.2) is 24.2 Å². The average Bonchev–Trinajstić information content (AvgIpc) is 2.68. The molecule has 0 fully saturated rings. The Kier molecular flexibility index (Phi) is 5.53. The zero-order valence-corrected chi connectivity index (χ0v) is 15.0. The molecule has 0 bridgehead atoms. The van der Waals surface area contributed by atoms with Crippen molar-refractivity contribution >= 4 is 23.1 Å². The van der Waals surface area contributed by atoms with Crippen molar-refractivity contribution in [3.05, 3.63) is 60.3 Å². The Balaban J connectivity index is 1.82. The topological polar surface area (TPSA) is 68.3 Å². The number of benzene rings is 2. The number of aromatic nitrogens is 2. The molecule has 28 heavy (non-hydrogen) atoms. The first-order valence-electron chi connectivity index (χ1n) is 8.16. The van der Waals surface area contributed by atoms with Crippen LogP contribution in [-0.2, 0) is 6.18 Å². The highest BCUT2D eigenvalue weighted by atomic mass is 19.4. The number of anilines is 4. The summed E-state index contributed by atoms with van der Waals surface area (Å²) >= 11 is 0. The molecule has 0 radical (unpaired) electrons. The SMILES string of the molecule is COc1ccc(Nc2ccnc(Nc3ccccc3C(F)(F)F)n2)cc1OC. The van der Waals surface area contributed by atoms with Gasteiger partial charge >= 0.3 is 6.18 Å². The van der Waals surface area contributed by atoms with Crippen LogP contribution in [0.15, 0.2) is 54.7 Å². The fourth-order valence-electron chi connectivity index (χ4n) is 2.51. The summed E-state index contributed by atoms with van der Waals surface area (Å²) < 4.78 is 49.8. The Bertz CT molecular complexity index is 964. The highest BCUT2D eigenvalue weighted by Crippen LogP contribution is 2.35. The summed E-state index contributed by atoms with van der Waals surface area (Å²) in [5, 5.41) is 5.67. The second-order valence-corrected chi connectivity index (χ2v) is 5.63. The number of hydrogen-bond acceptors (Lipinski definition) is 6. The van der Waals surface area contributed by atoms with Crippen molar-refractivity contribution in [2.75, 3.05) is 24.9 Å². The fourth-order valence-corrected chi connectivity index (χ4v) is 2.51. The van der Waals surface area contributed by atoms with E-state index >= 15 is 0 Å². The van der Waals surface area contributed by atoms with E-state index in [-0.39, 0.29) is 11.6 Å². The Morgan fingerprint density at radius 1 is 0.893 bits per heavy atom. The van der Waals surface area contributed by atoms with Crippen molar-refractivity contribution in [2.45, 2.75) is 6.18 Å². The van der Waals surface area contributed by atoms with Gasteiger partial charge in [0, 0.05) is 18.0 Å². The van der Waals surface area contributed by atoms with Crippen LogP contribution < -0.4 is 20.1 Å². The maximum absolute atomic E-state index is 13.1. The Hall–Kier alpha value is -3.49. The van der Waals surface area contributed by atoms with Gasteiger partial charge in [0.05, 0.1) is 25.5 Å². The summed E-state index contributed by atoms with van der Waals surface area (Å²) in [6.07, 6.45) is -3.05. The predicted molar refractivity (Wildman–Crippen MR) is 99.6 cm³/mol. The number of ether oxygens (including phenoxy) is 2. The first-order valence-corrected chi connectivity index (χ1v) is 8.16. The van der Waals surface area contributed by atoms with E-state index in [2.05, 4.69) is 20.6 Å². The summed E-state index contributed by atoms with van der Waals surface area (Å²) in [6.45, 7) is 0. The van der Waals surface area contributed by atoms with Crippen LogP contribution in [0.25, 0.3) is 0 Å². The van der Waals surface area contributed by atoms with Gasteiger partial charge < -0.3 is 20.1 Å². The maximum atomic E-state index is 13.1. The van der Waals surface area contributed by atoms with Gasteiger partial charge in [-0.05, 0) is 30.3 Å². The van der Waals surface area contributed by atoms with Crippen molar-refractivity contribution in [1.29, 1.82) is 0 Å². The van der Waals surface area contributed by atoms with E-state index in [9.17, 15) is 13.2 Å². The zero-order valence-electron chi connectivity index (χ0n) is 15.0. The molecule has 0 aliphatic carbocycles. The molecule has 0 aliphatic rings. The van der Waals surface area contributed by atoms with Crippen LogP contribution in [0.5, 0.6) is 11.5 Å². The van der Waals surface area contributed by atoms with E-state index in [0.29, 0.717) is 23.0 Å². The Labute approximate surface area is 159 Å². The molecule has 0 amide bonds. The third kappa shape index (κ3) is 4.43. The van der Waals surface area contributed by atoms with E-state index in [0.717, 1.165) is 6.07 Å². The molecule has 2 N–H and O–H groups in total. The number of hydrogen-bond donors (Lipinski definition) is 2. The number of para-hydroxylation sites is 1. The van der Waals surface area contributed by atoms with Crippen LogP contribution in [0.3, 0.4) is 0 Å². The number of halogens is 3. The number of nitrogens with zero attached hydrogens (tertiary/aromatic N) is 2. The third-order valence-corrected chi connectivity index (χ3v) is 3.79. The molecular formula is C19H17F3N4O2. The standard InChI is InChI=1S/C19H17F3N4O2/c1-27-15-8-7-12(11-16(15)28-2)24-17-9-10-23-18(26-17)25-14-6-4-3-5-13(14)19(20,21)22/h3-11H,1-2H3,(H2,23,24,25,26). The van der Waals surface area contributed by atoms with Crippen molar-refractivity contribution in [2.24, 2.45) is 0 Å². The lowest BCUT2D eigenvalue weighted by Gasteiger charge is -2.14. The highest BCUT2D eigenvalue weighted by molar-refractivity contribution is 5.64. The van der Waals surface area contributed by atoms with Crippen LogP contribution in [0, 0.1) is 0 Å². The van der Waals surface area contributed by atoms with Crippen LogP contribution in [0.1, 0.15) is 5.56 Å². The largest absolute Gasteiger partial charge is 0.493 e. The molecule has 6 nitrogen and oxygen atoms in total. The van der Waals surface area contributed by atoms with Crippen molar-refractivity contribution < 1.29 is 22.6 Å². The lowest BCUT2D eigenvalue weighted by Crippen LogP contribution is -2.09. The van der Waals surface area contributed by atoms with Gasteiger partial charge in [-0.15, -0.1) is 0 Å². The van der Waals surface area contributed by atoms with E-state index < -0.39 is 11.7 Å². The molecule has 146 valence electrons. The predicted octanol–water partition coefficient (Wildman–Crippen LogP) is 5.00. The van der Waals surface area contributed by atoms with Gasteiger partial charge in [-0.25, -0.2) is 4.98 Å². The lowest BCUT2D eigenvalue weighted by molar-refractivity contribution is -0.136. The summed E-state index contributed by atoms with van der Waals surface area (Å²) in [5.41, 5.74) is -0.256. The normalized spacial score (nSPS) is 11.0. The molecule has 2 aromatic carbocycles. The third-order valence-electron chi connectivity index (χ3n) is 3.79. The van der Waals surface area contributed by atoms with Gasteiger partial charge in [0.15, 0.2) is 11.5 Å². The van der Waals surface area contributed by atoms with Crippen molar-refractivity contribution in [1.82, 2.24) is 9.97 Å². The molecule has 1 aromatic heterocycles. The molecule has 0 unspecified atom stereocenters. The van der Waals surface area contributed by atoms with Gasteiger partial charge in [0.1, 0.15) is 5.82 Å². The van der Waals surface area contributed by atoms with Crippen molar-refractivity contribution in [3.63, 3.8) is 0 Å². The minimum Gasteiger partial charge on any atom is -0.493 e. The maximum Gasteiger partial charge on any atom is 0.418 e. The summed E-state index contributed by atoms with van der Waals surface area (Å²) in [7, 11) is 3.05. The van der Waals surface area contributed by atoms with Crippen LogP contribution in [0.4, 0.5) is 36.3 Å². The first kappa shape index (κ1) is 19.3. The van der Waals surface area contributed by atoms with Gasteiger partial charge in [-0.2, -0.15) is 18.2 Å². The molecule has 0 spiro atoms. The number of alkyl halides is 3. The quantitative estimate of drug-likeness (QED) is 0.617. The monoisotopic (exact) mass is 390 g/mol. The molecule has 1 heterocycles. The molecule has 3 rings (SSSR count). The minimum absolute atomic E-state index is 0.0298. The van der Waals surface area contributed by atoms with Gasteiger partial charge in [0.2, 0.25) is 5.95 Å². The Morgan fingerprint density at radius 3 is 2.36 bits per heavy atom. The van der Waals surface area contributed by atoms with E-state index in [4.69, 9.17) is 9.47 Å². The zero-order chi connectivity index (χ0) is 20.1. The molecule has 3 aromatic rings. The molecular weight excluding hydrogens is 373 g/mol.